The smallest absolute Gasteiger partial charge is 0.262 e. The normalized spacial score (nSPS) is 10.4. The van der Waals surface area contributed by atoms with Gasteiger partial charge in [0.05, 0.1) is 0 Å². The van der Waals surface area contributed by atoms with Gasteiger partial charge in [-0.05, 0) is 66.9 Å². The molecule has 0 fully saturated rings. The highest BCUT2D eigenvalue weighted by Crippen LogP contribution is 2.27. The molecule has 0 radical (unpaired) electrons. The summed E-state index contributed by atoms with van der Waals surface area (Å²) in [6.45, 7) is 4.38. The lowest BCUT2D eigenvalue weighted by atomic mass is 10.1. The molecule has 4 nitrogen and oxygen atoms in total. The quantitative estimate of drug-likeness (QED) is 0.516. The van der Waals surface area contributed by atoms with E-state index in [9.17, 15) is 4.79 Å². The molecule has 28 heavy (non-hydrogen) atoms. The maximum Gasteiger partial charge on any atom is 0.262 e. The summed E-state index contributed by atoms with van der Waals surface area (Å²) in [6, 6.07) is 21.2. The van der Waals surface area contributed by atoms with E-state index < -0.39 is 0 Å². The van der Waals surface area contributed by atoms with Crippen LogP contribution in [0.5, 0.6) is 11.5 Å². The third-order valence-corrected chi connectivity index (χ3v) is 4.62. The van der Waals surface area contributed by atoms with E-state index in [0.29, 0.717) is 12.3 Å². The number of halogens is 1. The van der Waals surface area contributed by atoms with Gasteiger partial charge in [-0.15, -0.1) is 0 Å². The Balaban J connectivity index is 1.50. The van der Waals surface area contributed by atoms with Crippen molar-refractivity contribution >= 4 is 27.5 Å². The topological polar surface area (TPSA) is 47.6 Å². The zero-order valence-corrected chi connectivity index (χ0v) is 17.5. The Morgan fingerprint density at radius 1 is 0.929 bits per heavy atom. The van der Waals surface area contributed by atoms with Crippen LogP contribution in [-0.2, 0) is 11.4 Å². The number of hydrogen-bond acceptors (Lipinski definition) is 3. The van der Waals surface area contributed by atoms with E-state index in [1.54, 1.807) is 0 Å². The van der Waals surface area contributed by atoms with Gasteiger partial charge in [-0.25, -0.2) is 0 Å². The molecule has 3 rings (SSSR count). The van der Waals surface area contributed by atoms with Crippen molar-refractivity contribution in [3.63, 3.8) is 0 Å². The van der Waals surface area contributed by atoms with E-state index in [2.05, 4.69) is 21.2 Å². The van der Waals surface area contributed by atoms with Crippen LogP contribution in [0.1, 0.15) is 16.7 Å². The summed E-state index contributed by atoms with van der Waals surface area (Å²) in [5.74, 6) is 1.28. The number of benzene rings is 3. The number of ether oxygens (including phenoxy) is 2. The second-order valence-corrected chi connectivity index (χ2v) is 7.42. The lowest BCUT2D eigenvalue weighted by molar-refractivity contribution is -0.118. The highest BCUT2D eigenvalue weighted by Gasteiger charge is 2.09. The third kappa shape index (κ3) is 5.60. The first-order chi connectivity index (χ1) is 13.5. The zero-order valence-electron chi connectivity index (χ0n) is 15.9. The maximum absolute atomic E-state index is 12.2. The lowest BCUT2D eigenvalue weighted by Gasteiger charge is -2.13. The molecule has 0 bridgehead atoms. The summed E-state index contributed by atoms with van der Waals surface area (Å²) in [5.41, 5.74) is 3.78. The van der Waals surface area contributed by atoms with Gasteiger partial charge in [0.1, 0.15) is 18.1 Å². The summed E-state index contributed by atoms with van der Waals surface area (Å²) < 4.78 is 12.5. The molecule has 0 spiro atoms. The molecule has 0 aliphatic carbocycles. The average molecular weight is 440 g/mol. The highest BCUT2D eigenvalue weighted by molar-refractivity contribution is 9.10. The average Bonchev–Trinajstić information content (AvgIpc) is 2.67. The lowest BCUT2D eigenvalue weighted by Crippen LogP contribution is -2.20. The Labute approximate surface area is 173 Å². The van der Waals surface area contributed by atoms with E-state index in [0.717, 1.165) is 32.7 Å². The summed E-state index contributed by atoms with van der Waals surface area (Å²) >= 11 is 3.46. The van der Waals surface area contributed by atoms with Gasteiger partial charge < -0.3 is 14.8 Å². The van der Waals surface area contributed by atoms with Gasteiger partial charge in [-0.2, -0.15) is 0 Å². The predicted octanol–water partition coefficient (Wildman–Crippen LogP) is 5.66. The van der Waals surface area contributed by atoms with Crippen LogP contribution in [0.15, 0.2) is 71.2 Å². The van der Waals surface area contributed by atoms with Gasteiger partial charge in [0.2, 0.25) is 0 Å². The molecular formula is C23H22BrNO3. The molecule has 0 saturated heterocycles. The fraction of sp³-hybridized carbons (Fsp3) is 0.174. The van der Waals surface area contributed by atoms with Crippen molar-refractivity contribution < 1.29 is 14.3 Å². The number of aryl methyl sites for hydroxylation is 2. The van der Waals surface area contributed by atoms with Crippen LogP contribution in [0.3, 0.4) is 0 Å². The molecule has 0 heterocycles. The van der Waals surface area contributed by atoms with Crippen LogP contribution in [0.2, 0.25) is 0 Å². The Kier molecular flexibility index (Phi) is 6.71. The first kappa shape index (κ1) is 20.0. The molecule has 1 N–H and O–H groups in total. The van der Waals surface area contributed by atoms with Crippen molar-refractivity contribution in [3.8, 4) is 11.5 Å². The number of carbonyl (C=O) groups excluding carboxylic acids is 1. The molecule has 5 heteroatoms. The molecule has 0 aromatic heterocycles. The second kappa shape index (κ2) is 9.42. The minimum absolute atomic E-state index is 0.0461. The molecule has 144 valence electrons. The molecule has 0 saturated carbocycles. The standard InChI is InChI=1S/C23H22BrNO3/c1-16-12-19(24)13-17(2)23(16)28-15-22(26)25-20-8-10-21(11-9-20)27-14-18-6-4-3-5-7-18/h3-13H,14-15H2,1-2H3,(H,25,26). The van der Waals surface area contributed by atoms with Crippen molar-refractivity contribution in [1.29, 1.82) is 0 Å². The molecular weight excluding hydrogens is 418 g/mol. The second-order valence-electron chi connectivity index (χ2n) is 6.50. The van der Waals surface area contributed by atoms with Gasteiger partial charge in [-0.3, -0.25) is 4.79 Å². The first-order valence-electron chi connectivity index (χ1n) is 8.97. The Hall–Kier alpha value is -2.79. The SMILES string of the molecule is Cc1cc(Br)cc(C)c1OCC(=O)Nc1ccc(OCc2ccccc2)cc1. The van der Waals surface area contributed by atoms with E-state index in [-0.39, 0.29) is 12.5 Å². The third-order valence-electron chi connectivity index (χ3n) is 4.16. The van der Waals surface area contributed by atoms with Crippen molar-refractivity contribution in [3.05, 3.63) is 87.9 Å². The summed E-state index contributed by atoms with van der Waals surface area (Å²) in [5, 5.41) is 2.83. The maximum atomic E-state index is 12.2. The van der Waals surface area contributed by atoms with E-state index >= 15 is 0 Å². The summed E-state index contributed by atoms with van der Waals surface area (Å²) in [6.07, 6.45) is 0. The first-order valence-corrected chi connectivity index (χ1v) is 9.77. The monoisotopic (exact) mass is 439 g/mol. The molecule has 0 aliphatic heterocycles. The van der Waals surface area contributed by atoms with Crippen LogP contribution in [-0.4, -0.2) is 12.5 Å². The van der Waals surface area contributed by atoms with Gasteiger partial charge in [0, 0.05) is 10.2 Å². The Bertz CT molecular complexity index is 917. The molecule has 0 unspecified atom stereocenters. The molecule has 0 aliphatic rings. The number of nitrogens with one attached hydrogen (secondary N) is 1. The number of hydrogen-bond donors (Lipinski definition) is 1. The van der Waals surface area contributed by atoms with Gasteiger partial charge in [-0.1, -0.05) is 46.3 Å². The number of carbonyl (C=O) groups is 1. The fourth-order valence-electron chi connectivity index (χ4n) is 2.84. The van der Waals surface area contributed by atoms with Crippen LogP contribution in [0.25, 0.3) is 0 Å². The number of anilines is 1. The minimum Gasteiger partial charge on any atom is -0.489 e. The fourth-order valence-corrected chi connectivity index (χ4v) is 3.52. The van der Waals surface area contributed by atoms with E-state index in [1.165, 1.54) is 0 Å². The molecule has 3 aromatic carbocycles. The minimum atomic E-state index is -0.209. The molecule has 3 aromatic rings. The van der Waals surface area contributed by atoms with Crippen LogP contribution in [0, 0.1) is 13.8 Å². The van der Waals surface area contributed by atoms with Crippen LogP contribution >= 0.6 is 15.9 Å². The van der Waals surface area contributed by atoms with Crippen molar-refractivity contribution in [2.24, 2.45) is 0 Å². The van der Waals surface area contributed by atoms with Crippen molar-refractivity contribution in [2.75, 3.05) is 11.9 Å². The van der Waals surface area contributed by atoms with E-state index in [1.807, 2.05) is 80.6 Å². The molecule has 1 amide bonds. The van der Waals surface area contributed by atoms with Gasteiger partial charge in [0.25, 0.3) is 5.91 Å². The van der Waals surface area contributed by atoms with Crippen molar-refractivity contribution in [2.45, 2.75) is 20.5 Å². The Morgan fingerprint density at radius 2 is 1.57 bits per heavy atom. The van der Waals surface area contributed by atoms with Crippen LogP contribution < -0.4 is 14.8 Å². The number of rotatable bonds is 7. The number of amides is 1. The predicted molar refractivity (Wildman–Crippen MR) is 115 cm³/mol. The zero-order chi connectivity index (χ0) is 19.9. The van der Waals surface area contributed by atoms with E-state index in [4.69, 9.17) is 9.47 Å². The Morgan fingerprint density at radius 3 is 2.21 bits per heavy atom. The largest absolute Gasteiger partial charge is 0.489 e. The van der Waals surface area contributed by atoms with Crippen LogP contribution in [0.4, 0.5) is 5.69 Å². The summed E-state index contributed by atoms with van der Waals surface area (Å²) in [4.78, 5) is 12.2. The molecule has 0 atom stereocenters. The van der Waals surface area contributed by atoms with Gasteiger partial charge in [0.15, 0.2) is 6.61 Å². The highest BCUT2D eigenvalue weighted by atomic mass is 79.9. The van der Waals surface area contributed by atoms with Crippen molar-refractivity contribution in [1.82, 2.24) is 0 Å². The van der Waals surface area contributed by atoms with Gasteiger partial charge >= 0.3 is 0 Å². The summed E-state index contributed by atoms with van der Waals surface area (Å²) in [7, 11) is 0.